The van der Waals surface area contributed by atoms with Crippen LogP contribution in [0.3, 0.4) is 0 Å². The van der Waals surface area contributed by atoms with Crippen LogP contribution < -0.4 is 0 Å². The molecule has 2 rings (SSSR count). The number of pyridine rings is 1. The molecule has 2 aromatic rings. The first-order valence-corrected chi connectivity index (χ1v) is 6.71. The molecule has 0 unspecified atom stereocenters. The Bertz CT molecular complexity index is 525. The second-order valence-electron chi connectivity index (χ2n) is 4.49. The summed E-state index contributed by atoms with van der Waals surface area (Å²) >= 11 is 6.14. The number of rotatable bonds is 6. The summed E-state index contributed by atoms with van der Waals surface area (Å²) in [5.41, 5.74) is 3.20. The zero-order valence-electron chi connectivity index (χ0n) is 11.3. The Labute approximate surface area is 118 Å². The van der Waals surface area contributed by atoms with Gasteiger partial charge < -0.3 is 4.74 Å². The fraction of sp³-hybridized carbons (Fsp3) is 0.429. The summed E-state index contributed by atoms with van der Waals surface area (Å²) in [6.07, 6.45) is 5.62. The van der Waals surface area contributed by atoms with Crippen LogP contribution in [0.25, 0.3) is 0 Å². The quantitative estimate of drug-likeness (QED) is 0.763. The number of halogens is 1. The lowest BCUT2D eigenvalue weighted by molar-refractivity contribution is 0.118. The number of hydrogen-bond donors (Lipinski definition) is 0. The van der Waals surface area contributed by atoms with Crippen LogP contribution in [0.1, 0.15) is 23.2 Å². The molecule has 0 fully saturated rings. The molecule has 102 valence electrons. The van der Waals surface area contributed by atoms with Gasteiger partial charge >= 0.3 is 0 Å². The molecular weight excluding hydrogens is 262 g/mol. The van der Waals surface area contributed by atoms with Gasteiger partial charge in [-0.25, -0.2) is 0 Å². The molecule has 0 aliphatic heterocycles. The van der Waals surface area contributed by atoms with E-state index in [1.54, 1.807) is 4.68 Å². The smallest absolute Gasteiger partial charge is 0.132 e. The van der Waals surface area contributed by atoms with Crippen molar-refractivity contribution in [3.8, 4) is 0 Å². The van der Waals surface area contributed by atoms with Crippen LogP contribution in [-0.2, 0) is 24.8 Å². The van der Waals surface area contributed by atoms with Crippen molar-refractivity contribution >= 4 is 11.6 Å². The van der Waals surface area contributed by atoms with Crippen LogP contribution in [-0.4, -0.2) is 21.4 Å². The van der Waals surface area contributed by atoms with Crippen LogP contribution in [0.2, 0.25) is 5.15 Å². The van der Waals surface area contributed by atoms with E-state index in [2.05, 4.69) is 10.1 Å². The number of ether oxygens (including phenoxy) is 1. The molecule has 0 aliphatic rings. The molecule has 19 heavy (non-hydrogen) atoms. The van der Waals surface area contributed by atoms with E-state index in [-0.39, 0.29) is 0 Å². The normalized spacial score (nSPS) is 10.9. The maximum atomic E-state index is 6.14. The molecule has 4 nitrogen and oxygen atoms in total. The molecule has 0 bridgehead atoms. The van der Waals surface area contributed by atoms with Gasteiger partial charge in [-0.05, 0) is 37.5 Å². The number of aryl methyl sites for hydroxylation is 3. The Kier molecular flexibility index (Phi) is 4.93. The lowest BCUT2D eigenvalue weighted by atomic mass is 10.1. The van der Waals surface area contributed by atoms with E-state index in [1.165, 1.54) is 5.56 Å². The molecule has 0 saturated heterocycles. The van der Waals surface area contributed by atoms with Gasteiger partial charge in [0.2, 0.25) is 0 Å². The van der Waals surface area contributed by atoms with Gasteiger partial charge in [0.1, 0.15) is 5.15 Å². The van der Waals surface area contributed by atoms with Crippen LogP contribution in [0.15, 0.2) is 24.5 Å². The van der Waals surface area contributed by atoms with Crippen molar-refractivity contribution < 1.29 is 4.74 Å². The van der Waals surface area contributed by atoms with E-state index in [9.17, 15) is 0 Å². The molecule has 0 aliphatic carbocycles. The highest BCUT2D eigenvalue weighted by Crippen LogP contribution is 2.19. The Balaban J connectivity index is 1.72. The zero-order valence-corrected chi connectivity index (χ0v) is 12.0. The minimum absolute atomic E-state index is 0.523. The average Bonchev–Trinajstić information content (AvgIpc) is 2.65. The van der Waals surface area contributed by atoms with Crippen molar-refractivity contribution in [2.75, 3.05) is 6.61 Å². The number of aromatic nitrogens is 3. The van der Waals surface area contributed by atoms with E-state index < -0.39 is 0 Å². The summed E-state index contributed by atoms with van der Waals surface area (Å²) in [6.45, 7) is 3.18. The summed E-state index contributed by atoms with van der Waals surface area (Å²) < 4.78 is 7.34. The molecule has 0 radical (unpaired) electrons. The highest BCUT2D eigenvalue weighted by atomic mass is 35.5. The van der Waals surface area contributed by atoms with Crippen molar-refractivity contribution in [3.63, 3.8) is 0 Å². The third-order valence-electron chi connectivity index (χ3n) is 3.02. The van der Waals surface area contributed by atoms with E-state index in [1.807, 2.05) is 38.5 Å². The maximum absolute atomic E-state index is 6.14. The highest BCUT2D eigenvalue weighted by molar-refractivity contribution is 6.30. The molecule has 5 heteroatoms. The van der Waals surface area contributed by atoms with Crippen LogP contribution in [0, 0.1) is 6.92 Å². The van der Waals surface area contributed by atoms with E-state index in [0.717, 1.165) is 24.1 Å². The first kappa shape index (κ1) is 14.0. The van der Waals surface area contributed by atoms with E-state index in [4.69, 9.17) is 16.3 Å². The number of hydrogen-bond acceptors (Lipinski definition) is 3. The van der Waals surface area contributed by atoms with Crippen molar-refractivity contribution in [3.05, 3.63) is 46.5 Å². The Morgan fingerprint density at radius 2 is 2.05 bits per heavy atom. The van der Waals surface area contributed by atoms with Crippen LogP contribution in [0.5, 0.6) is 0 Å². The highest BCUT2D eigenvalue weighted by Gasteiger charge is 2.10. The summed E-state index contributed by atoms with van der Waals surface area (Å²) in [6, 6.07) is 4.06. The van der Waals surface area contributed by atoms with Crippen molar-refractivity contribution in [2.45, 2.75) is 26.4 Å². The van der Waals surface area contributed by atoms with Gasteiger partial charge in [-0.3, -0.25) is 9.67 Å². The summed E-state index contributed by atoms with van der Waals surface area (Å²) in [4.78, 5) is 4.00. The average molecular weight is 280 g/mol. The minimum Gasteiger partial charge on any atom is -0.377 e. The fourth-order valence-corrected chi connectivity index (χ4v) is 2.17. The molecule has 0 amide bonds. The molecule has 0 N–H and O–H groups in total. The first-order chi connectivity index (χ1) is 9.18. The Hall–Kier alpha value is -1.39. The third-order valence-corrected chi connectivity index (χ3v) is 3.49. The summed E-state index contributed by atoms with van der Waals surface area (Å²) in [5.74, 6) is 0. The second kappa shape index (κ2) is 6.68. The largest absolute Gasteiger partial charge is 0.377 e. The lowest BCUT2D eigenvalue weighted by Crippen LogP contribution is -1.98. The Morgan fingerprint density at radius 3 is 2.68 bits per heavy atom. The predicted molar refractivity (Wildman–Crippen MR) is 75.2 cm³/mol. The van der Waals surface area contributed by atoms with Crippen LogP contribution >= 0.6 is 11.6 Å². The first-order valence-electron chi connectivity index (χ1n) is 6.33. The summed E-state index contributed by atoms with van der Waals surface area (Å²) in [5, 5.41) is 4.91. The topological polar surface area (TPSA) is 39.9 Å². The molecule has 0 atom stereocenters. The van der Waals surface area contributed by atoms with Gasteiger partial charge in [0.25, 0.3) is 0 Å². The van der Waals surface area contributed by atoms with Gasteiger partial charge in [0.15, 0.2) is 0 Å². The molecule has 2 aromatic heterocycles. The van der Waals surface area contributed by atoms with E-state index >= 15 is 0 Å². The van der Waals surface area contributed by atoms with E-state index in [0.29, 0.717) is 18.4 Å². The van der Waals surface area contributed by atoms with Crippen molar-refractivity contribution in [2.24, 2.45) is 7.05 Å². The minimum atomic E-state index is 0.523. The standard InChI is InChI=1S/C14H18ClN3O/c1-11-13(14(15)18(2)17-11)10-19-9-3-4-12-5-7-16-8-6-12/h5-8H,3-4,9-10H2,1-2H3. The second-order valence-corrected chi connectivity index (χ2v) is 4.85. The SMILES string of the molecule is Cc1nn(C)c(Cl)c1COCCCc1ccncc1. The molecule has 0 spiro atoms. The molecular formula is C14H18ClN3O. The van der Waals surface area contributed by atoms with Gasteiger partial charge in [0.05, 0.1) is 12.3 Å². The number of nitrogens with zero attached hydrogens (tertiary/aromatic N) is 3. The third kappa shape index (κ3) is 3.78. The van der Waals surface area contributed by atoms with Gasteiger partial charge in [-0.15, -0.1) is 0 Å². The van der Waals surface area contributed by atoms with Gasteiger partial charge in [-0.2, -0.15) is 5.10 Å². The lowest BCUT2D eigenvalue weighted by Gasteiger charge is -2.04. The summed E-state index contributed by atoms with van der Waals surface area (Å²) in [7, 11) is 1.84. The fourth-order valence-electron chi connectivity index (χ4n) is 1.94. The van der Waals surface area contributed by atoms with Gasteiger partial charge in [0, 0.05) is 31.6 Å². The predicted octanol–water partition coefficient (Wildman–Crippen LogP) is 2.93. The molecule has 2 heterocycles. The van der Waals surface area contributed by atoms with Crippen molar-refractivity contribution in [1.29, 1.82) is 0 Å². The van der Waals surface area contributed by atoms with Gasteiger partial charge in [-0.1, -0.05) is 11.6 Å². The zero-order chi connectivity index (χ0) is 13.7. The Morgan fingerprint density at radius 1 is 1.32 bits per heavy atom. The van der Waals surface area contributed by atoms with Crippen molar-refractivity contribution in [1.82, 2.24) is 14.8 Å². The monoisotopic (exact) mass is 279 g/mol. The molecule has 0 aromatic carbocycles. The van der Waals surface area contributed by atoms with Crippen LogP contribution in [0.4, 0.5) is 0 Å². The molecule has 0 saturated carbocycles. The maximum Gasteiger partial charge on any atom is 0.132 e.